The van der Waals surface area contributed by atoms with Gasteiger partial charge in [0.2, 0.25) is 5.89 Å². The van der Waals surface area contributed by atoms with Crippen molar-refractivity contribution in [1.82, 2.24) is 10.1 Å². The molecule has 0 bridgehead atoms. The summed E-state index contributed by atoms with van der Waals surface area (Å²) in [4.78, 5) is 4.46. The molecule has 2 atom stereocenters. The number of hydrogen-bond acceptors (Lipinski definition) is 4. The van der Waals surface area contributed by atoms with Crippen molar-refractivity contribution >= 4 is 0 Å². The van der Waals surface area contributed by atoms with E-state index in [0.29, 0.717) is 12.3 Å². The van der Waals surface area contributed by atoms with Gasteiger partial charge in [0.25, 0.3) is 0 Å². The van der Waals surface area contributed by atoms with Crippen LogP contribution in [0.2, 0.25) is 0 Å². The third-order valence-electron chi connectivity index (χ3n) is 4.30. The van der Waals surface area contributed by atoms with Crippen molar-refractivity contribution in [2.24, 2.45) is 5.92 Å². The molecular formula is C17H22N2O2. The first-order valence-electron chi connectivity index (χ1n) is 7.85. The van der Waals surface area contributed by atoms with Crippen molar-refractivity contribution in [3.8, 4) is 0 Å². The van der Waals surface area contributed by atoms with Crippen molar-refractivity contribution in [3.63, 3.8) is 0 Å². The zero-order chi connectivity index (χ0) is 14.5. The van der Waals surface area contributed by atoms with Crippen molar-refractivity contribution < 1.29 is 9.63 Å². The molecule has 1 heterocycles. The van der Waals surface area contributed by atoms with E-state index in [-0.39, 0.29) is 12.0 Å². The van der Waals surface area contributed by atoms with Gasteiger partial charge < -0.3 is 9.63 Å². The number of aromatic nitrogens is 2. The van der Waals surface area contributed by atoms with Gasteiger partial charge in [0.1, 0.15) is 0 Å². The molecule has 0 spiro atoms. The highest BCUT2D eigenvalue weighted by Gasteiger charge is 2.25. The van der Waals surface area contributed by atoms with Gasteiger partial charge in [0.15, 0.2) is 5.82 Å². The number of aliphatic hydroxyl groups excluding tert-OH is 1. The van der Waals surface area contributed by atoms with Crippen LogP contribution < -0.4 is 0 Å². The van der Waals surface area contributed by atoms with Gasteiger partial charge >= 0.3 is 0 Å². The van der Waals surface area contributed by atoms with Gasteiger partial charge in [0, 0.05) is 12.8 Å². The van der Waals surface area contributed by atoms with Crippen LogP contribution in [0.15, 0.2) is 34.9 Å². The van der Waals surface area contributed by atoms with Crippen molar-refractivity contribution in [2.75, 3.05) is 0 Å². The highest BCUT2D eigenvalue weighted by atomic mass is 16.5. The molecule has 2 unspecified atom stereocenters. The standard InChI is InChI=1S/C17H22N2O2/c20-15-9-5-4-8-14(15)12-17-18-16(19-21-17)11-10-13-6-2-1-3-7-13/h1-3,6-7,14-15,20H,4-5,8-12H2. The summed E-state index contributed by atoms with van der Waals surface area (Å²) in [6.45, 7) is 0. The summed E-state index contributed by atoms with van der Waals surface area (Å²) in [5.41, 5.74) is 1.28. The predicted molar refractivity (Wildman–Crippen MR) is 79.8 cm³/mol. The zero-order valence-corrected chi connectivity index (χ0v) is 12.2. The van der Waals surface area contributed by atoms with Crippen LogP contribution in [0.5, 0.6) is 0 Å². The number of nitrogens with zero attached hydrogens (tertiary/aromatic N) is 2. The SMILES string of the molecule is OC1CCCCC1Cc1nc(CCc2ccccc2)no1. The Kier molecular flexibility index (Phi) is 4.65. The Labute approximate surface area is 125 Å². The highest BCUT2D eigenvalue weighted by Crippen LogP contribution is 2.27. The van der Waals surface area contributed by atoms with Gasteiger partial charge in [-0.2, -0.15) is 4.98 Å². The molecule has 0 saturated heterocycles. The lowest BCUT2D eigenvalue weighted by molar-refractivity contribution is 0.0657. The van der Waals surface area contributed by atoms with Crippen LogP contribution >= 0.6 is 0 Å². The van der Waals surface area contributed by atoms with Crippen LogP contribution in [-0.2, 0) is 19.3 Å². The lowest BCUT2D eigenvalue weighted by atomic mass is 9.84. The number of benzene rings is 1. The second-order valence-electron chi connectivity index (χ2n) is 5.91. The van der Waals surface area contributed by atoms with Crippen LogP contribution in [-0.4, -0.2) is 21.4 Å². The molecule has 1 aliphatic carbocycles. The van der Waals surface area contributed by atoms with Crippen molar-refractivity contribution in [1.29, 1.82) is 0 Å². The number of hydrogen-bond donors (Lipinski definition) is 1. The Hall–Kier alpha value is -1.68. The molecule has 1 N–H and O–H groups in total. The molecule has 0 amide bonds. The fourth-order valence-corrected chi connectivity index (χ4v) is 3.03. The maximum atomic E-state index is 10.00. The first-order chi connectivity index (χ1) is 10.3. The van der Waals surface area contributed by atoms with Crippen LogP contribution in [0.4, 0.5) is 0 Å². The molecule has 3 rings (SSSR count). The molecule has 1 aromatic heterocycles. The summed E-state index contributed by atoms with van der Waals surface area (Å²) in [5, 5.41) is 14.1. The highest BCUT2D eigenvalue weighted by molar-refractivity contribution is 5.15. The van der Waals surface area contributed by atoms with E-state index in [9.17, 15) is 5.11 Å². The summed E-state index contributed by atoms with van der Waals surface area (Å²) in [6.07, 6.45) is 6.49. The minimum absolute atomic E-state index is 0.210. The Morgan fingerprint density at radius 3 is 2.71 bits per heavy atom. The third-order valence-corrected chi connectivity index (χ3v) is 4.30. The van der Waals surface area contributed by atoms with E-state index in [1.807, 2.05) is 18.2 Å². The average Bonchev–Trinajstić information content (AvgIpc) is 2.96. The summed E-state index contributed by atoms with van der Waals surface area (Å²) in [5.74, 6) is 1.71. The molecule has 4 heteroatoms. The largest absolute Gasteiger partial charge is 0.393 e. The fraction of sp³-hybridized carbons (Fsp3) is 0.529. The van der Waals surface area contributed by atoms with Crippen molar-refractivity contribution in [3.05, 3.63) is 47.6 Å². The molecule has 21 heavy (non-hydrogen) atoms. The van der Waals surface area contributed by atoms with E-state index in [4.69, 9.17) is 4.52 Å². The maximum absolute atomic E-state index is 10.00. The molecule has 1 saturated carbocycles. The van der Waals surface area contributed by atoms with Gasteiger partial charge in [-0.05, 0) is 30.7 Å². The Morgan fingerprint density at radius 2 is 1.90 bits per heavy atom. The van der Waals surface area contributed by atoms with Gasteiger partial charge in [-0.25, -0.2) is 0 Å². The molecule has 4 nitrogen and oxygen atoms in total. The first kappa shape index (κ1) is 14.3. The second kappa shape index (κ2) is 6.85. The van der Waals surface area contributed by atoms with Crippen LogP contribution in [0, 0.1) is 5.92 Å². The zero-order valence-electron chi connectivity index (χ0n) is 12.2. The molecule has 1 aromatic carbocycles. The molecule has 0 radical (unpaired) electrons. The smallest absolute Gasteiger partial charge is 0.227 e. The lowest BCUT2D eigenvalue weighted by Crippen LogP contribution is -2.26. The van der Waals surface area contributed by atoms with E-state index in [1.165, 1.54) is 12.0 Å². The van der Waals surface area contributed by atoms with Gasteiger partial charge in [0.05, 0.1) is 6.10 Å². The normalized spacial score (nSPS) is 22.3. The predicted octanol–water partition coefficient (Wildman–Crippen LogP) is 2.95. The molecule has 1 aliphatic rings. The third kappa shape index (κ3) is 3.91. The molecule has 2 aromatic rings. The average molecular weight is 286 g/mol. The van der Waals surface area contributed by atoms with Crippen LogP contribution in [0.1, 0.15) is 43.0 Å². The van der Waals surface area contributed by atoms with E-state index in [2.05, 4.69) is 22.3 Å². The van der Waals surface area contributed by atoms with E-state index in [1.54, 1.807) is 0 Å². The minimum atomic E-state index is -0.210. The van der Waals surface area contributed by atoms with Crippen LogP contribution in [0.25, 0.3) is 0 Å². The topological polar surface area (TPSA) is 59.2 Å². The molecular weight excluding hydrogens is 264 g/mol. The quantitative estimate of drug-likeness (QED) is 0.918. The fourth-order valence-electron chi connectivity index (χ4n) is 3.03. The lowest BCUT2D eigenvalue weighted by Gasteiger charge is -2.26. The Morgan fingerprint density at radius 1 is 1.10 bits per heavy atom. The molecule has 112 valence electrons. The van der Waals surface area contributed by atoms with Crippen molar-refractivity contribution in [2.45, 2.75) is 51.0 Å². The van der Waals surface area contributed by atoms with Gasteiger partial charge in [-0.3, -0.25) is 0 Å². The Balaban J connectivity index is 1.53. The number of rotatable bonds is 5. The Bertz CT molecular complexity index is 553. The number of aryl methyl sites for hydroxylation is 2. The summed E-state index contributed by atoms with van der Waals surface area (Å²) < 4.78 is 5.33. The van der Waals surface area contributed by atoms with E-state index < -0.39 is 0 Å². The minimum Gasteiger partial charge on any atom is -0.393 e. The van der Waals surface area contributed by atoms with Gasteiger partial charge in [-0.1, -0.05) is 48.3 Å². The first-order valence-corrected chi connectivity index (χ1v) is 7.85. The molecule has 0 aliphatic heterocycles. The second-order valence-corrected chi connectivity index (χ2v) is 5.91. The summed E-state index contributed by atoms with van der Waals surface area (Å²) in [7, 11) is 0. The van der Waals surface area contributed by atoms with E-state index in [0.717, 1.165) is 37.9 Å². The maximum Gasteiger partial charge on any atom is 0.227 e. The monoisotopic (exact) mass is 286 g/mol. The summed E-state index contributed by atoms with van der Waals surface area (Å²) >= 11 is 0. The summed E-state index contributed by atoms with van der Waals surface area (Å²) in [6, 6.07) is 10.3. The van der Waals surface area contributed by atoms with E-state index >= 15 is 0 Å². The van der Waals surface area contributed by atoms with Crippen LogP contribution in [0.3, 0.4) is 0 Å². The number of aliphatic hydroxyl groups is 1. The molecule has 1 fully saturated rings. The van der Waals surface area contributed by atoms with Gasteiger partial charge in [-0.15, -0.1) is 0 Å².